The normalized spacial score (nSPS) is 15.4. The number of furan rings is 1. The van der Waals surface area contributed by atoms with Crippen molar-refractivity contribution in [2.45, 2.75) is 19.9 Å². The summed E-state index contributed by atoms with van der Waals surface area (Å²) >= 11 is 0. The highest BCUT2D eigenvalue weighted by atomic mass is 16.5. The number of carbonyl (C=O) groups is 4. The summed E-state index contributed by atoms with van der Waals surface area (Å²) in [6.07, 6.45) is 1.41. The van der Waals surface area contributed by atoms with Gasteiger partial charge >= 0.3 is 18.0 Å². The van der Waals surface area contributed by atoms with Crippen LogP contribution in [0.1, 0.15) is 34.6 Å². The Morgan fingerprint density at radius 2 is 1.97 bits per heavy atom. The number of rotatable bonds is 8. The Morgan fingerprint density at radius 1 is 1.16 bits per heavy atom. The third kappa shape index (κ3) is 5.54. The molecule has 2 heterocycles. The minimum absolute atomic E-state index is 0.0537. The smallest absolute Gasteiger partial charge is 0.338 e. The first-order chi connectivity index (χ1) is 15.4. The van der Waals surface area contributed by atoms with Gasteiger partial charge in [0.1, 0.15) is 25.0 Å². The van der Waals surface area contributed by atoms with Gasteiger partial charge in [-0.1, -0.05) is 17.7 Å². The summed E-state index contributed by atoms with van der Waals surface area (Å²) < 4.78 is 15.6. The predicted molar refractivity (Wildman–Crippen MR) is 111 cm³/mol. The molecule has 1 atom stereocenters. The van der Waals surface area contributed by atoms with Crippen LogP contribution >= 0.6 is 0 Å². The van der Waals surface area contributed by atoms with Crippen molar-refractivity contribution in [1.82, 2.24) is 16.0 Å². The average Bonchev–Trinajstić information content (AvgIpc) is 3.30. The van der Waals surface area contributed by atoms with Crippen molar-refractivity contribution in [3.05, 3.63) is 70.8 Å². The van der Waals surface area contributed by atoms with Gasteiger partial charge in [-0.05, 0) is 38.1 Å². The molecule has 3 N–H and O–H groups in total. The molecule has 2 aromatic rings. The number of carbonyl (C=O) groups excluding carboxylic acids is 4. The molecule has 1 aromatic heterocycles. The summed E-state index contributed by atoms with van der Waals surface area (Å²) in [5.74, 6) is -1.55. The van der Waals surface area contributed by atoms with E-state index in [1.807, 2.05) is 13.0 Å². The van der Waals surface area contributed by atoms with E-state index in [1.54, 1.807) is 37.3 Å². The Hall–Kier alpha value is -4.08. The van der Waals surface area contributed by atoms with E-state index in [9.17, 15) is 19.2 Å². The zero-order valence-corrected chi connectivity index (χ0v) is 17.6. The minimum Gasteiger partial charge on any atom is -0.467 e. The highest BCUT2D eigenvalue weighted by Crippen LogP contribution is 2.28. The molecule has 1 aliphatic heterocycles. The molecule has 0 saturated carbocycles. The van der Waals surface area contributed by atoms with Gasteiger partial charge in [0.25, 0.3) is 5.91 Å². The molecule has 1 aromatic carbocycles. The number of hydrogen-bond acceptors (Lipinski definition) is 7. The van der Waals surface area contributed by atoms with E-state index in [0.717, 1.165) is 5.56 Å². The monoisotopic (exact) mass is 441 g/mol. The summed E-state index contributed by atoms with van der Waals surface area (Å²) in [6.45, 7) is 2.81. The van der Waals surface area contributed by atoms with E-state index in [4.69, 9.17) is 13.9 Å². The van der Waals surface area contributed by atoms with Crippen molar-refractivity contribution in [2.24, 2.45) is 0 Å². The van der Waals surface area contributed by atoms with Crippen molar-refractivity contribution in [1.29, 1.82) is 0 Å². The van der Waals surface area contributed by atoms with E-state index in [-0.39, 0.29) is 24.4 Å². The van der Waals surface area contributed by atoms with Crippen LogP contribution in [-0.4, -0.2) is 43.6 Å². The van der Waals surface area contributed by atoms with Gasteiger partial charge < -0.3 is 29.8 Å². The molecule has 0 fully saturated rings. The van der Waals surface area contributed by atoms with Crippen LogP contribution in [-0.2, 0) is 19.1 Å². The summed E-state index contributed by atoms with van der Waals surface area (Å²) in [7, 11) is 0. The Morgan fingerprint density at radius 3 is 2.66 bits per heavy atom. The molecule has 32 heavy (non-hydrogen) atoms. The highest BCUT2D eigenvalue weighted by Gasteiger charge is 2.35. The first-order valence-corrected chi connectivity index (χ1v) is 9.90. The van der Waals surface area contributed by atoms with Gasteiger partial charge in [0.2, 0.25) is 0 Å². The molecule has 0 saturated heterocycles. The average molecular weight is 441 g/mol. The molecule has 168 valence electrons. The van der Waals surface area contributed by atoms with Gasteiger partial charge in [-0.15, -0.1) is 0 Å². The fraction of sp³-hybridized carbons (Fsp3) is 0.273. The third-order valence-electron chi connectivity index (χ3n) is 4.53. The number of hydrogen-bond donors (Lipinski definition) is 3. The van der Waals surface area contributed by atoms with Crippen LogP contribution < -0.4 is 16.0 Å². The number of esters is 2. The first-order valence-electron chi connectivity index (χ1n) is 9.90. The first kappa shape index (κ1) is 22.6. The molecule has 0 radical (unpaired) electrons. The van der Waals surface area contributed by atoms with Crippen LogP contribution in [0.15, 0.2) is 58.3 Å². The van der Waals surface area contributed by atoms with E-state index in [0.29, 0.717) is 11.3 Å². The number of nitrogens with one attached hydrogen (secondary N) is 3. The molecule has 3 amide bonds. The molecule has 1 aliphatic rings. The SMILES string of the molecule is CCOC(=O)C1=C(COC(=O)CNC(=O)c2cccc(C)c2)NC(=O)NC1c1ccco1. The fourth-order valence-corrected chi connectivity index (χ4v) is 3.10. The van der Waals surface area contributed by atoms with Crippen LogP contribution in [0.25, 0.3) is 0 Å². The standard InChI is InChI=1S/C22H23N3O7/c1-3-30-21(28)18-15(24-22(29)25-19(18)16-8-5-9-31-16)12-32-17(26)11-23-20(27)14-7-4-6-13(2)10-14/h4-10,19H,3,11-12H2,1-2H3,(H,23,27)(H2,24,25,29). The van der Waals surface area contributed by atoms with Crippen LogP contribution in [0.3, 0.4) is 0 Å². The predicted octanol–water partition coefficient (Wildman–Crippen LogP) is 1.73. The Balaban J connectivity index is 1.69. The van der Waals surface area contributed by atoms with Crippen molar-refractivity contribution >= 4 is 23.9 Å². The number of benzene rings is 1. The number of ether oxygens (including phenoxy) is 2. The third-order valence-corrected chi connectivity index (χ3v) is 4.53. The Labute approximate surface area is 183 Å². The molecule has 10 nitrogen and oxygen atoms in total. The largest absolute Gasteiger partial charge is 0.467 e. The summed E-state index contributed by atoms with van der Waals surface area (Å²) in [5.41, 5.74) is 1.44. The van der Waals surface area contributed by atoms with Crippen molar-refractivity contribution in [3.63, 3.8) is 0 Å². The minimum atomic E-state index is -0.910. The maximum atomic E-state index is 12.6. The summed E-state index contributed by atoms with van der Waals surface area (Å²) in [4.78, 5) is 49.0. The second kappa shape index (κ2) is 10.3. The molecule has 0 aliphatic carbocycles. The van der Waals surface area contributed by atoms with Gasteiger partial charge in [0, 0.05) is 5.56 Å². The zero-order valence-electron chi connectivity index (χ0n) is 17.6. The maximum absolute atomic E-state index is 12.6. The number of aryl methyl sites for hydroxylation is 1. The Bertz CT molecular complexity index is 1040. The summed E-state index contributed by atoms with van der Waals surface area (Å²) in [6, 6.07) is 8.61. The molecular formula is C22H23N3O7. The molecule has 0 bridgehead atoms. The lowest BCUT2D eigenvalue weighted by Crippen LogP contribution is -2.47. The number of urea groups is 1. The van der Waals surface area contributed by atoms with Crippen molar-refractivity contribution < 1.29 is 33.1 Å². The van der Waals surface area contributed by atoms with Gasteiger partial charge in [-0.3, -0.25) is 9.59 Å². The Kier molecular flexibility index (Phi) is 7.27. The van der Waals surface area contributed by atoms with Crippen LogP contribution in [0.5, 0.6) is 0 Å². The van der Waals surface area contributed by atoms with E-state index in [2.05, 4.69) is 16.0 Å². The van der Waals surface area contributed by atoms with Crippen LogP contribution in [0.2, 0.25) is 0 Å². The highest BCUT2D eigenvalue weighted by molar-refractivity contribution is 5.96. The van der Waals surface area contributed by atoms with Crippen molar-refractivity contribution in [3.8, 4) is 0 Å². The number of amides is 3. The molecule has 3 rings (SSSR count). The molecular weight excluding hydrogens is 418 g/mol. The molecule has 0 spiro atoms. The second-order valence-electron chi connectivity index (χ2n) is 6.87. The maximum Gasteiger partial charge on any atom is 0.338 e. The van der Waals surface area contributed by atoms with Gasteiger partial charge in [-0.2, -0.15) is 0 Å². The van der Waals surface area contributed by atoms with Gasteiger partial charge in [-0.25, -0.2) is 9.59 Å². The molecule has 1 unspecified atom stereocenters. The fourth-order valence-electron chi connectivity index (χ4n) is 3.10. The quantitative estimate of drug-likeness (QED) is 0.531. The van der Waals surface area contributed by atoms with E-state index < -0.39 is 36.5 Å². The second-order valence-corrected chi connectivity index (χ2v) is 6.87. The van der Waals surface area contributed by atoms with Crippen LogP contribution in [0, 0.1) is 6.92 Å². The van der Waals surface area contributed by atoms with E-state index in [1.165, 1.54) is 6.26 Å². The molecule has 10 heteroatoms. The van der Waals surface area contributed by atoms with Crippen LogP contribution in [0.4, 0.5) is 4.79 Å². The lowest BCUT2D eigenvalue weighted by atomic mass is 10.0. The lowest BCUT2D eigenvalue weighted by molar-refractivity contribution is -0.142. The van der Waals surface area contributed by atoms with Gasteiger partial charge in [0.05, 0.1) is 24.1 Å². The lowest BCUT2D eigenvalue weighted by Gasteiger charge is -2.27. The van der Waals surface area contributed by atoms with E-state index >= 15 is 0 Å². The topological polar surface area (TPSA) is 136 Å². The zero-order chi connectivity index (χ0) is 23.1. The van der Waals surface area contributed by atoms with Crippen molar-refractivity contribution in [2.75, 3.05) is 19.8 Å². The van der Waals surface area contributed by atoms with Gasteiger partial charge in [0.15, 0.2) is 0 Å². The summed E-state index contributed by atoms with van der Waals surface area (Å²) in [5, 5.41) is 7.53.